The number of aryl methyl sites for hydroxylation is 1. The third-order valence-corrected chi connectivity index (χ3v) is 5.09. The van der Waals surface area contributed by atoms with Gasteiger partial charge in [-0.25, -0.2) is 4.39 Å². The van der Waals surface area contributed by atoms with Gasteiger partial charge in [-0.05, 0) is 48.6 Å². The Bertz CT molecular complexity index is 805. The molecule has 0 spiro atoms. The normalized spacial score (nSPS) is 11.7. The van der Waals surface area contributed by atoms with Crippen LogP contribution in [0.1, 0.15) is 49.8 Å². The van der Waals surface area contributed by atoms with Gasteiger partial charge >= 0.3 is 0 Å². The summed E-state index contributed by atoms with van der Waals surface area (Å²) in [7, 11) is 0. The number of nitrogens with zero attached hydrogens (tertiary/aromatic N) is 1. The molecule has 1 N–H and O–H groups in total. The lowest BCUT2D eigenvalue weighted by Crippen LogP contribution is -2.49. The summed E-state index contributed by atoms with van der Waals surface area (Å²) in [6.45, 7) is 6.96. The van der Waals surface area contributed by atoms with E-state index in [1.54, 1.807) is 17.0 Å². The first kappa shape index (κ1) is 22.6. The van der Waals surface area contributed by atoms with Crippen LogP contribution in [0.25, 0.3) is 0 Å². The second-order valence-corrected chi connectivity index (χ2v) is 7.32. The van der Waals surface area contributed by atoms with Crippen LogP contribution in [0.5, 0.6) is 0 Å². The molecule has 0 aliphatic rings. The Morgan fingerprint density at radius 2 is 1.76 bits per heavy atom. The largest absolute Gasteiger partial charge is 0.354 e. The fourth-order valence-electron chi connectivity index (χ4n) is 3.28. The van der Waals surface area contributed by atoms with Crippen molar-refractivity contribution in [3.63, 3.8) is 0 Å². The number of hydrogen-bond donors (Lipinski definition) is 1. The molecule has 156 valence electrons. The molecule has 0 aliphatic heterocycles. The quantitative estimate of drug-likeness (QED) is 0.603. The Morgan fingerprint density at radius 1 is 1.07 bits per heavy atom. The van der Waals surface area contributed by atoms with Crippen molar-refractivity contribution in [2.75, 3.05) is 6.54 Å². The van der Waals surface area contributed by atoms with E-state index >= 15 is 0 Å². The van der Waals surface area contributed by atoms with E-state index in [0.29, 0.717) is 19.5 Å². The topological polar surface area (TPSA) is 49.4 Å². The summed E-state index contributed by atoms with van der Waals surface area (Å²) in [6.07, 6.45) is 2.56. The molecule has 29 heavy (non-hydrogen) atoms. The monoisotopic (exact) mass is 398 g/mol. The number of hydrogen-bond acceptors (Lipinski definition) is 2. The number of nitrogens with one attached hydrogen (secondary N) is 1. The lowest BCUT2D eigenvalue weighted by atomic mass is 10.0. The zero-order valence-corrected chi connectivity index (χ0v) is 17.6. The number of carbonyl (C=O) groups is 2. The van der Waals surface area contributed by atoms with Crippen molar-refractivity contribution in [1.82, 2.24) is 10.2 Å². The number of carbonyl (C=O) groups excluding carboxylic acids is 2. The predicted octanol–water partition coefficient (Wildman–Crippen LogP) is 4.40. The predicted molar refractivity (Wildman–Crippen MR) is 114 cm³/mol. The molecular weight excluding hydrogens is 367 g/mol. The zero-order valence-electron chi connectivity index (χ0n) is 17.6. The van der Waals surface area contributed by atoms with E-state index in [-0.39, 0.29) is 24.1 Å². The average Bonchev–Trinajstić information content (AvgIpc) is 2.71. The first-order valence-electron chi connectivity index (χ1n) is 10.3. The number of halogens is 1. The Labute approximate surface area is 173 Å². The molecule has 0 heterocycles. The van der Waals surface area contributed by atoms with Gasteiger partial charge in [0.2, 0.25) is 11.8 Å². The summed E-state index contributed by atoms with van der Waals surface area (Å²) in [5.74, 6) is -0.598. The molecule has 0 aromatic heterocycles. The molecule has 5 heteroatoms. The summed E-state index contributed by atoms with van der Waals surface area (Å²) >= 11 is 0. The molecule has 0 bridgehead atoms. The van der Waals surface area contributed by atoms with Crippen LogP contribution < -0.4 is 5.32 Å². The lowest BCUT2D eigenvalue weighted by molar-refractivity contribution is -0.140. The van der Waals surface area contributed by atoms with Crippen molar-refractivity contribution < 1.29 is 14.0 Å². The van der Waals surface area contributed by atoms with E-state index in [0.717, 1.165) is 29.5 Å². The molecule has 0 saturated heterocycles. The van der Waals surface area contributed by atoms with Crippen molar-refractivity contribution >= 4 is 11.8 Å². The van der Waals surface area contributed by atoms with E-state index in [1.807, 2.05) is 38.1 Å². The molecule has 4 nitrogen and oxygen atoms in total. The summed E-state index contributed by atoms with van der Waals surface area (Å²) < 4.78 is 13.2. The highest BCUT2D eigenvalue weighted by Gasteiger charge is 2.28. The smallest absolute Gasteiger partial charge is 0.242 e. The van der Waals surface area contributed by atoms with Crippen LogP contribution in [-0.4, -0.2) is 29.3 Å². The van der Waals surface area contributed by atoms with E-state index in [9.17, 15) is 14.0 Å². The van der Waals surface area contributed by atoms with Gasteiger partial charge in [-0.2, -0.15) is 0 Å². The molecule has 1 atom stereocenters. The van der Waals surface area contributed by atoms with Gasteiger partial charge in [-0.15, -0.1) is 0 Å². The number of unbranched alkanes of at least 4 members (excludes halogenated alkanes) is 1. The second-order valence-electron chi connectivity index (χ2n) is 7.32. The van der Waals surface area contributed by atoms with E-state index in [4.69, 9.17) is 0 Å². The highest BCUT2D eigenvalue weighted by molar-refractivity contribution is 5.88. The Hall–Kier alpha value is -2.69. The Kier molecular flexibility index (Phi) is 8.84. The van der Waals surface area contributed by atoms with Crippen LogP contribution in [0.15, 0.2) is 48.5 Å². The van der Waals surface area contributed by atoms with E-state index in [1.165, 1.54) is 12.1 Å². The zero-order chi connectivity index (χ0) is 21.2. The second kappa shape index (κ2) is 11.3. The summed E-state index contributed by atoms with van der Waals surface area (Å²) in [4.78, 5) is 27.7. The molecule has 0 aliphatic carbocycles. The summed E-state index contributed by atoms with van der Waals surface area (Å²) in [5, 5.41) is 2.96. The highest BCUT2D eigenvalue weighted by atomic mass is 19.1. The molecule has 2 aromatic carbocycles. The van der Waals surface area contributed by atoms with Crippen molar-refractivity contribution in [3.8, 4) is 0 Å². The molecular formula is C24H31FN2O2. The van der Waals surface area contributed by atoms with Crippen molar-refractivity contribution in [1.29, 1.82) is 0 Å². The summed E-state index contributed by atoms with van der Waals surface area (Å²) in [6, 6.07) is 13.3. The van der Waals surface area contributed by atoms with Crippen LogP contribution in [-0.2, 0) is 22.6 Å². The van der Waals surface area contributed by atoms with E-state index < -0.39 is 6.04 Å². The third kappa shape index (κ3) is 6.70. The minimum atomic E-state index is -0.542. The third-order valence-electron chi connectivity index (χ3n) is 5.09. The fraction of sp³-hybridized carbons (Fsp3) is 0.417. The number of benzene rings is 2. The first-order chi connectivity index (χ1) is 14.0. The van der Waals surface area contributed by atoms with E-state index in [2.05, 4.69) is 12.2 Å². The van der Waals surface area contributed by atoms with Gasteiger partial charge in [0.05, 0.1) is 6.42 Å². The van der Waals surface area contributed by atoms with Crippen LogP contribution >= 0.6 is 0 Å². The van der Waals surface area contributed by atoms with Gasteiger partial charge < -0.3 is 10.2 Å². The van der Waals surface area contributed by atoms with Crippen molar-refractivity contribution in [2.24, 2.45) is 0 Å². The molecule has 2 aromatic rings. The van der Waals surface area contributed by atoms with Gasteiger partial charge in [-0.3, -0.25) is 9.59 Å². The number of rotatable bonds is 10. The maximum Gasteiger partial charge on any atom is 0.242 e. The van der Waals surface area contributed by atoms with Crippen LogP contribution in [0, 0.1) is 12.7 Å². The van der Waals surface area contributed by atoms with Crippen LogP contribution in [0.4, 0.5) is 4.39 Å². The fourth-order valence-corrected chi connectivity index (χ4v) is 3.28. The molecule has 2 amide bonds. The Morgan fingerprint density at radius 3 is 2.38 bits per heavy atom. The lowest BCUT2D eigenvalue weighted by Gasteiger charge is -2.31. The maximum atomic E-state index is 13.2. The van der Waals surface area contributed by atoms with Gasteiger partial charge in [0.1, 0.15) is 11.9 Å². The molecule has 0 unspecified atom stereocenters. The minimum Gasteiger partial charge on any atom is -0.354 e. The molecule has 0 radical (unpaired) electrons. The van der Waals surface area contributed by atoms with Crippen LogP contribution in [0.3, 0.4) is 0 Å². The first-order valence-corrected chi connectivity index (χ1v) is 10.3. The number of amides is 2. The molecule has 2 rings (SSSR count). The standard InChI is InChI=1S/C24H31FN2O2/c1-4-6-15-26-24(29)22(5-2)27(17-20-10-8-7-9-18(20)3)23(28)16-19-11-13-21(25)14-12-19/h7-14,22H,4-6,15-17H2,1-3H3,(H,26,29)/t22-/m0/s1. The van der Waals surface area contributed by atoms with Gasteiger partial charge in [0, 0.05) is 13.1 Å². The van der Waals surface area contributed by atoms with Crippen molar-refractivity contribution in [2.45, 2.75) is 59.0 Å². The summed E-state index contributed by atoms with van der Waals surface area (Å²) in [5.41, 5.74) is 2.82. The molecule has 0 fully saturated rings. The average molecular weight is 399 g/mol. The Balaban J connectivity index is 2.25. The molecule has 0 saturated carbocycles. The maximum absolute atomic E-state index is 13.2. The van der Waals surface area contributed by atoms with Gasteiger partial charge in [0.15, 0.2) is 0 Å². The van der Waals surface area contributed by atoms with Gasteiger partial charge in [0.25, 0.3) is 0 Å². The highest BCUT2D eigenvalue weighted by Crippen LogP contribution is 2.17. The SMILES string of the molecule is CCCCNC(=O)[C@H](CC)N(Cc1ccccc1C)C(=O)Cc1ccc(F)cc1. The van der Waals surface area contributed by atoms with Crippen molar-refractivity contribution in [3.05, 3.63) is 71.0 Å². The van der Waals surface area contributed by atoms with Gasteiger partial charge in [-0.1, -0.05) is 56.7 Å². The minimum absolute atomic E-state index is 0.123. The van der Waals surface area contributed by atoms with Crippen LogP contribution in [0.2, 0.25) is 0 Å².